The highest BCUT2D eigenvalue weighted by Crippen LogP contribution is 2.21. The van der Waals surface area contributed by atoms with Crippen molar-refractivity contribution in [2.75, 3.05) is 18.4 Å². The molecule has 0 radical (unpaired) electrons. The number of rotatable bonds is 4. The molecule has 1 amide bonds. The molecule has 2 aromatic rings. The number of benzene rings is 2. The molecule has 1 aliphatic rings. The Labute approximate surface area is 159 Å². The minimum Gasteiger partial charge on any atom is -0.319 e. The highest BCUT2D eigenvalue weighted by molar-refractivity contribution is 7.89. The third-order valence-corrected chi connectivity index (χ3v) is 6.60. The van der Waals surface area contributed by atoms with Gasteiger partial charge in [0.1, 0.15) is 5.82 Å². The third-order valence-electron chi connectivity index (χ3n) is 4.69. The monoisotopic (exact) mass is 390 g/mol. The number of amides is 1. The van der Waals surface area contributed by atoms with Gasteiger partial charge in [-0.25, -0.2) is 12.8 Å². The van der Waals surface area contributed by atoms with Gasteiger partial charge in [-0.3, -0.25) is 4.79 Å². The molecule has 27 heavy (non-hydrogen) atoms. The average molecular weight is 390 g/mol. The molecule has 1 fully saturated rings. The fourth-order valence-corrected chi connectivity index (χ4v) is 4.66. The molecule has 1 saturated heterocycles. The van der Waals surface area contributed by atoms with Crippen molar-refractivity contribution in [3.8, 4) is 0 Å². The van der Waals surface area contributed by atoms with Gasteiger partial charge in [0.2, 0.25) is 10.0 Å². The van der Waals surface area contributed by atoms with Crippen molar-refractivity contribution >= 4 is 21.6 Å². The lowest BCUT2D eigenvalue weighted by Crippen LogP contribution is -2.31. The number of carbonyl (C=O) groups excluding carboxylic acids is 1. The summed E-state index contributed by atoms with van der Waals surface area (Å²) in [5, 5.41) is 2.52. The van der Waals surface area contributed by atoms with Gasteiger partial charge in [-0.2, -0.15) is 4.31 Å². The van der Waals surface area contributed by atoms with Gasteiger partial charge in [0.25, 0.3) is 5.91 Å². The fraction of sp³-hybridized carbons (Fsp3) is 0.350. The van der Waals surface area contributed by atoms with E-state index in [9.17, 15) is 17.6 Å². The molecule has 0 aliphatic carbocycles. The molecule has 0 atom stereocenters. The van der Waals surface area contributed by atoms with Crippen molar-refractivity contribution < 1.29 is 17.6 Å². The standard InChI is InChI=1S/C20H23FN2O3S/c1-15-6-11-18(21)19(14-15)22-20(24)16-7-9-17(10-8-16)27(25,26)23-12-4-2-3-5-13-23/h6-11,14H,2-5,12-13H2,1H3,(H,22,24). The molecular formula is C20H23FN2O3S. The van der Waals surface area contributed by atoms with Crippen LogP contribution in [0, 0.1) is 12.7 Å². The molecule has 144 valence electrons. The van der Waals surface area contributed by atoms with E-state index in [0.717, 1.165) is 31.2 Å². The van der Waals surface area contributed by atoms with Crippen LogP contribution in [0.4, 0.5) is 10.1 Å². The second kappa shape index (κ2) is 8.19. The van der Waals surface area contributed by atoms with Crippen LogP contribution < -0.4 is 5.32 Å². The zero-order valence-corrected chi connectivity index (χ0v) is 16.1. The van der Waals surface area contributed by atoms with Crippen LogP contribution in [0.25, 0.3) is 0 Å². The van der Waals surface area contributed by atoms with Gasteiger partial charge in [-0.1, -0.05) is 18.9 Å². The Balaban J connectivity index is 1.76. The summed E-state index contributed by atoms with van der Waals surface area (Å²) in [6, 6.07) is 10.2. The maximum atomic E-state index is 13.8. The van der Waals surface area contributed by atoms with E-state index in [1.165, 1.54) is 34.6 Å². The van der Waals surface area contributed by atoms with Gasteiger partial charge < -0.3 is 5.32 Å². The number of hydrogen-bond acceptors (Lipinski definition) is 3. The maximum absolute atomic E-state index is 13.8. The number of aryl methyl sites for hydroxylation is 1. The first kappa shape index (κ1) is 19.5. The molecule has 2 aromatic carbocycles. The maximum Gasteiger partial charge on any atom is 0.255 e. The predicted molar refractivity (Wildman–Crippen MR) is 103 cm³/mol. The summed E-state index contributed by atoms with van der Waals surface area (Å²) >= 11 is 0. The number of carbonyl (C=O) groups is 1. The molecule has 1 heterocycles. The van der Waals surface area contributed by atoms with E-state index in [-0.39, 0.29) is 16.1 Å². The van der Waals surface area contributed by atoms with E-state index in [1.807, 2.05) is 0 Å². The number of nitrogens with one attached hydrogen (secondary N) is 1. The predicted octanol–water partition coefficient (Wildman–Crippen LogP) is 3.95. The van der Waals surface area contributed by atoms with Gasteiger partial charge in [0.15, 0.2) is 0 Å². The normalized spacial score (nSPS) is 15.9. The van der Waals surface area contributed by atoms with Gasteiger partial charge in [0, 0.05) is 18.7 Å². The first-order valence-electron chi connectivity index (χ1n) is 9.05. The largest absolute Gasteiger partial charge is 0.319 e. The van der Waals surface area contributed by atoms with Crippen molar-refractivity contribution in [3.63, 3.8) is 0 Å². The Bertz CT molecular complexity index is 919. The summed E-state index contributed by atoms with van der Waals surface area (Å²) in [4.78, 5) is 12.5. The first-order valence-corrected chi connectivity index (χ1v) is 10.5. The second-order valence-electron chi connectivity index (χ2n) is 6.78. The molecule has 0 unspecified atom stereocenters. The first-order chi connectivity index (χ1) is 12.9. The molecule has 0 spiro atoms. The van der Waals surface area contributed by atoms with Crippen LogP contribution in [-0.2, 0) is 10.0 Å². The number of halogens is 1. The lowest BCUT2D eigenvalue weighted by atomic mass is 10.2. The molecule has 5 nitrogen and oxygen atoms in total. The summed E-state index contributed by atoms with van der Waals surface area (Å²) in [5.74, 6) is -1.01. The molecule has 3 rings (SSSR count). The van der Waals surface area contributed by atoms with Crippen LogP contribution in [0.5, 0.6) is 0 Å². The Morgan fingerprint density at radius 3 is 2.26 bits per heavy atom. The van der Waals surface area contributed by atoms with Crippen molar-refractivity contribution in [2.24, 2.45) is 0 Å². The molecule has 1 N–H and O–H groups in total. The van der Waals surface area contributed by atoms with E-state index in [4.69, 9.17) is 0 Å². The molecule has 1 aliphatic heterocycles. The number of hydrogen-bond donors (Lipinski definition) is 1. The minimum atomic E-state index is -3.56. The van der Waals surface area contributed by atoms with Crippen LogP contribution in [0.15, 0.2) is 47.4 Å². The van der Waals surface area contributed by atoms with Crippen molar-refractivity contribution in [1.82, 2.24) is 4.31 Å². The van der Waals surface area contributed by atoms with E-state index in [2.05, 4.69) is 5.32 Å². The molecule has 0 bridgehead atoms. The quantitative estimate of drug-likeness (QED) is 0.860. The third kappa shape index (κ3) is 4.54. The Morgan fingerprint density at radius 1 is 1.00 bits per heavy atom. The number of sulfonamides is 1. The van der Waals surface area contributed by atoms with Crippen LogP contribution >= 0.6 is 0 Å². The van der Waals surface area contributed by atoms with Crippen molar-refractivity contribution in [1.29, 1.82) is 0 Å². The second-order valence-corrected chi connectivity index (χ2v) is 8.72. The summed E-state index contributed by atoms with van der Waals surface area (Å²) in [6.45, 7) is 2.85. The number of nitrogens with zero attached hydrogens (tertiary/aromatic N) is 1. The van der Waals surface area contributed by atoms with Gasteiger partial charge >= 0.3 is 0 Å². The van der Waals surface area contributed by atoms with Crippen LogP contribution in [-0.4, -0.2) is 31.7 Å². The van der Waals surface area contributed by atoms with Crippen molar-refractivity contribution in [2.45, 2.75) is 37.5 Å². The van der Waals surface area contributed by atoms with Gasteiger partial charge in [0.05, 0.1) is 10.6 Å². The fourth-order valence-electron chi connectivity index (χ4n) is 3.14. The summed E-state index contributed by atoms with van der Waals surface area (Å²) in [6.07, 6.45) is 3.81. The Hall–Kier alpha value is -2.25. The molecule has 0 aromatic heterocycles. The lowest BCUT2D eigenvalue weighted by Gasteiger charge is -2.20. The van der Waals surface area contributed by atoms with E-state index >= 15 is 0 Å². The highest BCUT2D eigenvalue weighted by Gasteiger charge is 2.25. The summed E-state index contributed by atoms with van der Waals surface area (Å²) in [5.41, 5.74) is 1.19. The van der Waals surface area contributed by atoms with E-state index < -0.39 is 21.7 Å². The lowest BCUT2D eigenvalue weighted by molar-refractivity contribution is 0.102. The zero-order valence-electron chi connectivity index (χ0n) is 15.2. The molecular weight excluding hydrogens is 367 g/mol. The minimum absolute atomic E-state index is 0.0984. The van der Waals surface area contributed by atoms with E-state index in [0.29, 0.717) is 13.1 Å². The Morgan fingerprint density at radius 2 is 1.63 bits per heavy atom. The Kier molecular flexibility index (Phi) is 5.92. The zero-order chi connectivity index (χ0) is 19.4. The SMILES string of the molecule is Cc1ccc(F)c(NC(=O)c2ccc(S(=O)(=O)N3CCCCCC3)cc2)c1. The number of anilines is 1. The average Bonchev–Trinajstić information content (AvgIpc) is 2.95. The molecule has 7 heteroatoms. The highest BCUT2D eigenvalue weighted by atomic mass is 32.2. The van der Waals surface area contributed by atoms with Crippen LogP contribution in [0.2, 0.25) is 0 Å². The van der Waals surface area contributed by atoms with E-state index in [1.54, 1.807) is 19.1 Å². The summed E-state index contributed by atoms with van der Waals surface area (Å²) < 4.78 is 40.9. The summed E-state index contributed by atoms with van der Waals surface area (Å²) in [7, 11) is -3.56. The topological polar surface area (TPSA) is 66.5 Å². The van der Waals surface area contributed by atoms with Crippen LogP contribution in [0.1, 0.15) is 41.6 Å². The smallest absolute Gasteiger partial charge is 0.255 e. The van der Waals surface area contributed by atoms with Gasteiger partial charge in [-0.05, 0) is 61.7 Å². The van der Waals surface area contributed by atoms with Crippen molar-refractivity contribution in [3.05, 3.63) is 59.4 Å². The molecule has 0 saturated carbocycles. The van der Waals surface area contributed by atoms with Crippen LogP contribution in [0.3, 0.4) is 0 Å². The van der Waals surface area contributed by atoms with Gasteiger partial charge in [-0.15, -0.1) is 0 Å².